The van der Waals surface area contributed by atoms with Gasteiger partial charge in [-0.15, -0.1) is 0 Å². The molecule has 0 bridgehead atoms. The maximum atomic E-state index is 5.90. The molecule has 1 heterocycles. The van der Waals surface area contributed by atoms with Gasteiger partial charge in [0.25, 0.3) is 0 Å². The highest BCUT2D eigenvalue weighted by Crippen LogP contribution is 2.31. The Labute approximate surface area is 87.4 Å². The molecule has 3 atom stereocenters. The molecule has 0 aromatic carbocycles. The minimum Gasteiger partial charge on any atom is -0.374 e. The van der Waals surface area contributed by atoms with E-state index >= 15 is 0 Å². The van der Waals surface area contributed by atoms with Crippen molar-refractivity contribution in [2.24, 2.45) is 11.8 Å². The molecule has 0 aliphatic carbocycles. The molecule has 1 rings (SSSR count). The van der Waals surface area contributed by atoms with Gasteiger partial charge in [-0.1, -0.05) is 20.3 Å². The Bertz CT molecular complexity index is 167. The molecular formula is C11H24N2O. The van der Waals surface area contributed by atoms with Crippen molar-refractivity contribution >= 4 is 0 Å². The van der Waals surface area contributed by atoms with Crippen molar-refractivity contribution in [1.82, 2.24) is 5.43 Å². The van der Waals surface area contributed by atoms with Crippen LogP contribution < -0.4 is 11.3 Å². The molecule has 0 amide bonds. The normalized spacial score (nSPS) is 32.6. The van der Waals surface area contributed by atoms with E-state index in [2.05, 4.69) is 26.2 Å². The zero-order valence-electron chi connectivity index (χ0n) is 9.68. The summed E-state index contributed by atoms with van der Waals surface area (Å²) in [6.45, 7) is 7.49. The topological polar surface area (TPSA) is 47.3 Å². The van der Waals surface area contributed by atoms with Crippen LogP contribution in [0.15, 0.2) is 0 Å². The molecule has 1 fully saturated rings. The Balaban J connectivity index is 2.65. The van der Waals surface area contributed by atoms with Crippen LogP contribution in [-0.2, 0) is 4.74 Å². The van der Waals surface area contributed by atoms with E-state index in [-0.39, 0.29) is 11.6 Å². The quantitative estimate of drug-likeness (QED) is 0.537. The first-order valence-corrected chi connectivity index (χ1v) is 5.74. The SMILES string of the molecule is CCC(C)C(NN)C1(C)CCCCO1. The van der Waals surface area contributed by atoms with Crippen LogP contribution in [0.5, 0.6) is 0 Å². The minimum absolute atomic E-state index is 0.0670. The van der Waals surface area contributed by atoms with Crippen LogP contribution in [0.2, 0.25) is 0 Å². The Morgan fingerprint density at radius 2 is 2.21 bits per heavy atom. The number of hydrogen-bond acceptors (Lipinski definition) is 3. The van der Waals surface area contributed by atoms with Gasteiger partial charge in [-0.25, -0.2) is 0 Å². The van der Waals surface area contributed by atoms with Gasteiger partial charge in [0.05, 0.1) is 11.6 Å². The van der Waals surface area contributed by atoms with E-state index in [0.717, 1.165) is 19.4 Å². The summed E-state index contributed by atoms with van der Waals surface area (Å²) in [6, 6.07) is 0.271. The highest BCUT2D eigenvalue weighted by Gasteiger charge is 2.38. The van der Waals surface area contributed by atoms with Crippen LogP contribution >= 0.6 is 0 Å². The summed E-state index contributed by atoms with van der Waals surface area (Å²) in [5.41, 5.74) is 2.87. The average molecular weight is 200 g/mol. The maximum absolute atomic E-state index is 5.90. The van der Waals surface area contributed by atoms with Gasteiger partial charge in [0, 0.05) is 6.61 Å². The number of rotatable bonds is 4. The monoisotopic (exact) mass is 200 g/mol. The fourth-order valence-corrected chi connectivity index (χ4v) is 2.38. The molecule has 3 heteroatoms. The molecule has 3 N–H and O–H groups in total. The number of hydrazine groups is 1. The second-order valence-electron chi connectivity index (χ2n) is 4.65. The van der Waals surface area contributed by atoms with Crippen LogP contribution in [0.3, 0.4) is 0 Å². The van der Waals surface area contributed by atoms with Crippen LogP contribution in [0, 0.1) is 5.92 Å². The first-order chi connectivity index (χ1) is 6.64. The largest absolute Gasteiger partial charge is 0.374 e. The van der Waals surface area contributed by atoms with Gasteiger partial charge in [0.1, 0.15) is 0 Å². The molecule has 84 valence electrons. The zero-order valence-corrected chi connectivity index (χ0v) is 9.68. The van der Waals surface area contributed by atoms with Crippen molar-refractivity contribution in [3.63, 3.8) is 0 Å². The smallest absolute Gasteiger partial charge is 0.0822 e. The van der Waals surface area contributed by atoms with Crippen LogP contribution in [-0.4, -0.2) is 18.2 Å². The third-order valence-corrected chi connectivity index (χ3v) is 3.55. The number of nitrogens with one attached hydrogen (secondary N) is 1. The van der Waals surface area contributed by atoms with Crippen molar-refractivity contribution < 1.29 is 4.74 Å². The van der Waals surface area contributed by atoms with Gasteiger partial charge < -0.3 is 4.74 Å². The van der Waals surface area contributed by atoms with Crippen molar-refractivity contribution in [3.8, 4) is 0 Å². The summed E-state index contributed by atoms with van der Waals surface area (Å²) in [6.07, 6.45) is 4.69. The third kappa shape index (κ3) is 2.47. The van der Waals surface area contributed by atoms with Crippen LogP contribution in [0.1, 0.15) is 46.5 Å². The second-order valence-corrected chi connectivity index (χ2v) is 4.65. The lowest BCUT2D eigenvalue weighted by atomic mass is 9.81. The highest BCUT2D eigenvalue weighted by molar-refractivity contribution is 4.92. The van der Waals surface area contributed by atoms with Gasteiger partial charge in [-0.05, 0) is 32.1 Å². The first-order valence-electron chi connectivity index (χ1n) is 5.74. The predicted octanol–water partition coefficient (Wildman–Crippen LogP) is 1.82. The van der Waals surface area contributed by atoms with Crippen LogP contribution in [0.4, 0.5) is 0 Å². The molecule has 3 unspecified atom stereocenters. The maximum Gasteiger partial charge on any atom is 0.0822 e. The first kappa shape index (κ1) is 12.0. The van der Waals surface area contributed by atoms with E-state index in [0.29, 0.717) is 5.92 Å². The Morgan fingerprint density at radius 3 is 2.64 bits per heavy atom. The standard InChI is InChI=1S/C11H24N2O/c1-4-9(2)10(13-12)11(3)7-5-6-8-14-11/h9-10,13H,4-8,12H2,1-3H3. The molecular weight excluding hydrogens is 176 g/mol. The molecule has 0 aromatic rings. The summed E-state index contributed by atoms with van der Waals surface area (Å²) in [5, 5.41) is 0. The van der Waals surface area contributed by atoms with Crippen molar-refractivity contribution in [3.05, 3.63) is 0 Å². The summed E-state index contributed by atoms with van der Waals surface area (Å²) in [4.78, 5) is 0. The summed E-state index contributed by atoms with van der Waals surface area (Å²) in [5.74, 6) is 6.19. The summed E-state index contributed by atoms with van der Waals surface area (Å²) in [7, 11) is 0. The molecule has 0 aromatic heterocycles. The number of hydrogen-bond donors (Lipinski definition) is 2. The van der Waals surface area contributed by atoms with E-state index in [1.165, 1.54) is 12.8 Å². The molecule has 0 spiro atoms. The Kier molecular flexibility index (Phi) is 4.35. The molecule has 0 radical (unpaired) electrons. The molecule has 1 saturated heterocycles. The average Bonchev–Trinajstić information content (AvgIpc) is 2.19. The Morgan fingerprint density at radius 1 is 1.50 bits per heavy atom. The molecule has 0 saturated carbocycles. The van der Waals surface area contributed by atoms with Crippen molar-refractivity contribution in [2.75, 3.05) is 6.61 Å². The molecule has 14 heavy (non-hydrogen) atoms. The molecule has 3 nitrogen and oxygen atoms in total. The summed E-state index contributed by atoms with van der Waals surface area (Å²) >= 11 is 0. The van der Waals surface area contributed by atoms with Crippen molar-refractivity contribution in [1.29, 1.82) is 0 Å². The second kappa shape index (κ2) is 5.10. The van der Waals surface area contributed by atoms with Gasteiger partial charge in [-0.3, -0.25) is 11.3 Å². The Hall–Kier alpha value is -0.120. The molecule has 1 aliphatic heterocycles. The lowest BCUT2D eigenvalue weighted by Crippen LogP contribution is -2.57. The van der Waals surface area contributed by atoms with Gasteiger partial charge >= 0.3 is 0 Å². The van der Waals surface area contributed by atoms with Crippen molar-refractivity contribution in [2.45, 2.75) is 58.1 Å². The van der Waals surface area contributed by atoms with Gasteiger partial charge in [0.2, 0.25) is 0 Å². The fourth-order valence-electron chi connectivity index (χ4n) is 2.38. The lowest BCUT2D eigenvalue weighted by molar-refractivity contribution is -0.0993. The number of ether oxygens (including phenoxy) is 1. The minimum atomic E-state index is -0.0670. The lowest BCUT2D eigenvalue weighted by Gasteiger charge is -2.42. The zero-order chi connectivity index (χ0) is 10.6. The van der Waals surface area contributed by atoms with E-state index < -0.39 is 0 Å². The molecule has 1 aliphatic rings. The van der Waals surface area contributed by atoms with E-state index in [1.54, 1.807) is 0 Å². The fraction of sp³-hybridized carbons (Fsp3) is 1.00. The highest BCUT2D eigenvalue weighted by atomic mass is 16.5. The van der Waals surface area contributed by atoms with Crippen LogP contribution in [0.25, 0.3) is 0 Å². The van der Waals surface area contributed by atoms with E-state index in [4.69, 9.17) is 10.6 Å². The third-order valence-electron chi connectivity index (χ3n) is 3.55. The van der Waals surface area contributed by atoms with E-state index in [9.17, 15) is 0 Å². The summed E-state index contributed by atoms with van der Waals surface area (Å²) < 4.78 is 5.90. The van der Waals surface area contributed by atoms with E-state index in [1.807, 2.05) is 0 Å². The van der Waals surface area contributed by atoms with Gasteiger partial charge in [0.15, 0.2) is 0 Å². The number of nitrogens with two attached hydrogens (primary N) is 1. The van der Waals surface area contributed by atoms with Gasteiger partial charge in [-0.2, -0.15) is 0 Å². The predicted molar refractivity (Wildman–Crippen MR) is 58.8 cm³/mol.